The van der Waals surface area contributed by atoms with Crippen LogP contribution in [0.1, 0.15) is 24.0 Å². The summed E-state index contributed by atoms with van der Waals surface area (Å²) in [5.74, 6) is 2.52. The smallest absolute Gasteiger partial charge is 0.237 e. The number of rotatable bonds is 3. The molecule has 0 spiro atoms. The fourth-order valence-electron chi connectivity index (χ4n) is 1.77. The van der Waals surface area contributed by atoms with Crippen molar-refractivity contribution in [2.24, 2.45) is 0 Å². The molecule has 0 radical (unpaired) electrons. The third kappa shape index (κ3) is 2.16. The summed E-state index contributed by atoms with van der Waals surface area (Å²) in [7, 11) is -1.61. The largest absolute Gasteiger partial charge is 0.273 e. The van der Waals surface area contributed by atoms with Gasteiger partial charge in [0.25, 0.3) is 0 Å². The average molecular weight is 249 g/mol. The van der Waals surface area contributed by atoms with E-state index in [1.165, 1.54) is 4.31 Å². The van der Waals surface area contributed by atoms with E-state index < -0.39 is 10.0 Å². The Bertz CT molecular complexity index is 580. The van der Waals surface area contributed by atoms with Gasteiger partial charge in [-0.05, 0) is 37.5 Å². The highest BCUT2D eigenvalue weighted by Crippen LogP contribution is 2.34. The van der Waals surface area contributed by atoms with Crippen LogP contribution in [-0.2, 0) is 10.0 Å². The maximum absolute atomic E-state index is 12.1. The normalized spacial score (nSPS) is 15.4. The van der Waals surface area contributed by atoms with Crippen LogP contribution in [0, 0.1) is 19.3 Å². The summed E-state index contributed by atoms with van der Waals surface area (Å²) in [5, 5.41) is -0.207. The van der Waals surface area contributed by atoms with E-state index in [0.717, 1.165) is 18.4 Å². The summed E-state index contributed by atoms with van der Waals surface area (Å²) in [6.45, 7) is 1.88. The van der Waals surface area contributed by atoms with Crippen LogP contribution < -0.4 is 4.31 Å². The van der Waals surface area contributed by atoms with E-state index in [2.05, 4.69) is 5.92 Å². The first kappa shape index (κ1) is 12.0. The van der Waals surface area contributed by atoms with Crippen LogP contribution in [0.15, 0.2) is 18.2 Å². The Balaban J connectivity index is 2.43. The van der Waals surface area contributed by atoms with E-state index in [1.54, 1.807) is 13.1 Å². The highest BCUT2D eigenvalue weighted by atomic mass is 32.2. The minimum Gasteiger partial charge on any atom is -0.273 e. The first-order valence-corrected chi connectivity index (χ1v) is 7.02. The second kappa shape index (κ2) is 4.08. The molecule has 0 amide bonds. The van der Waals surface area contributed by atoms with Gasteiger partial charge in [-0.15, -0.1) is 6.42 Å². The van der Waals surface area contributed by atoms with Crippen molar-refractivity contribution < 1.29 is 8.42 Å². The Morgan fingerprint density at radius 2 is 2.06 bits per heavy atom. The van der Waals surface area contributed by atoms with Gasteiger partial charge in [-0.1, -0.05) is 12.0 Å². The Kier molecular flexibility index (Phi) is 2.88. The molecule has 1 aliphatic carbocycles. The van der Waals surface area contributed by atoms with Crippen molar-refractivity contribution in [3.8, 4) is 12.3 Å². The van der Waals surface area contributed by atoms with Crippen LogP contribution >= 0.6 is 0 Å². The number of hydrogen-bond donors (Lipinski definition) is 0. The standard InChI is InChI=1S/C13H15NO2S/c1-4-11-6-5-10(2)13(9-11)14(3)17(15,16)12-7-8-12/h1,5-6,9,12H,7-8H2,2-3H3. The molecule has 0 aliphatic heterocycles. The average Bonchev–Trinajstić information content (AvgIpc) is 3.13. The van der Waals surface area contributed by atoms with Crippen molar-refractivity contribution in [1.29, 1.82) is 0 Å². The molecule has 0 N–H and O–H groups in total. The first-order chi connectivity index (χ1) is 7.96. The lowest BCUT2D eigenvalue weighted by Gasteiger charge is -2.21. The summed E-state index contributed by atoms with van der Waals surface area (Å²) in [6, 6.07) is 5.41. The number of terminal acetylenes is 1. The molecule has 0 bridgehead atoms. The molecule has 0 atom stereocenters. The lowest BCUT2D eigenvalue weighted by molar-refractivity contribution is 0.593. The highest BCUT2D eigenvalue weighted by molar-refractivity contribution is 7.93. The summed E-state index contributed by atoms with van der Waals surface area (Å²) in [6.07, 6.45) is 6.86. The summed E-state index contributed by atoms with van der Waals surface area (Å²) >= 11 is 0. The van der Waals surface area contributed by atoms with E-state index in [-0.39, 0.29) is 5.25 Å². The Morgan fingerprint density at radius 1 is 1.41 bits per heavy atom. The molecule has 1 aromatic rings. The van der Waals surface area contributed by atoms with Crippen molar-refractivity contribution in [3.05, 3.63) is 29.3 Å². The van der Waals surface area contributed by atoms with E-state index in [4.69, 9.17) is 6.42 Å². The van der Waals surface area contributed by atoms with Crippen LogP contribution in [0.3, 0.4) is 0 Å². The number of aryl methyl sites for hydroxylation is 1. The molecule has 0 heterocycles. The zero-order valence-corrected chi connectivity index (χ0v) is 10.8. The van der Waals surface area contributed by atoms with Gasteiger partial charge in [0, 0.05) is 12.6 Å². The molecule has 1 saturated carbocycles. The van der Waals surface area contributed by atoms with Gasteiger partial charge in [0.1, 0.15) is 0 Å². The second-order valence-electron chi connectivity index (χ2n) is 4.36. The highest BCUT2D eigenvalue weighted by Gasteiger charge is 2.39. The summed E-state index contributed by atoms with van der Waals surface area (Å²) < 4.78 is 25.6. The Hall–Kier alpha value is -1.47. The van der Waals surface area contributed by atoms with Crippen molar-refractivity contribution >= 4 is 15.7 Å². The van der Waals surface area contributed by atoms with Gasteiger partial charge in [0.05, 0.1) is 10.9 Å². The number of nitrogens with zero attached hydrogens (tertiary/aromatic N) is 1. The molecular weight excluding hydrogens is 234 g/mol. The molecule has 90 valence electrons. The summed E-state index contributed by atoms with van der Waals surface area (Å²) in [4.78, 5) is 0. The molecule has 3 nitrogen and oxygen atoms in total. The number of hydrogen-bond acceptors (Lipinski definition) is 2. The second-order valence-corrected chi connectivity index (χ2v) is 6.60. The SMILES string of the molecule is C#Cc1ccc(C)c(N(C)S(=O)(=O)C2CC2)c1. The zero-order valence-electron chi connectivity index (χ0n) is 9.97. The number of anilines is 1. The quantitative estimate of drug-likeness (QED) is 0.767. The molecule has 2 rings (SSSR count). The predicted molar refractivity (Wildman–Crippen MR) is 69.5 cm³/mol. The van der Waals surface area contributed by atoms with Gasteiger partial charge in [0.15, 0.2) is 0 Å². The van der Waals surface area contributed by atoms with Gasteiger partial charge in [-0.2, -0.15) is 0 Å². The van der Waals surface area contributed by atoms with Crippen LogP contribution in [-0.4, -0.2) is 20.7 Å². The number of benzene rings is 1. The van der Waals surface area contributed by atoms with Gasteiger partial charge < -0.3 is 0 Å². The molecule has 1 aliphatic rings. The number of sulfonamides is 1. The van der Waals surface area contributed by atoms with Gasteiger partial charge in [-0.25, -0.2) is 8.42 Å². The van der Waals surface area contributed by atoms with Crippen LogP contribution in [0.2, 0.25) is 0 Å². The van der Waals surface area contributed by atoms with E-state index in [9.17, 15) is 8.42 Å². The van der Waals surface area contributed by atoms with E-state index in [0.29, 0.717) is 11.3 Å². The van der Waals surface area contributed by atoms with Gasteiger partial charge in [0.2, 0.25) is 10.0 Å². The van der Waals surface area contributed by atoms with Crippen LogP contribution in [0.5, 0.6) is 0 Å². The maximum atomic E-state index is 12.1. The first-order valence-electron chi connectivity index (χ1n) is 5.52. The van der Waals surface area contributed by atoms with E-state index >= 15 is 0 Å². The van der Waals surface area contributed by atoms with Crippen molar-refractivity contribution in [2.45, 2.75) is 25.0 Å². The summed E-state index contributed by atoms with van der Waals surface area (Å²) in [5.41, 5.74) is 2.28. The molecule has 0 saturated heterocycles. The lowest BCUT2D eigenvalue weighted by atomic mass is 10.1. The van der Waals surface area contributed by atoms with Gasteiger partial charge >= 0.3 is 0 Å². The Morgan fingerprint density at radius 3 is 2.59 bits per heavy atom. The molecule has 17 heavy (non-hydrogen) atoms. The fourth-order valence-corrected chi connectivity index (χ4v) is 3.41. The van der Waals surface area contributed by atoms with Crippen LogP contribution in [0.4, 0.5) is 5.69 Å². The lowest BCUT2D eigenvalue weighted by Crippen LogP contribution is -2.30. The molecule has 4 heteroatoms. The van der Waals surface area contributed by atoms with E-state index in [1.807, 2.05) is 19.1 Å². The third-order valence-corrected chi connectivity index (χ3v) is 5.32. The zero-order chi connectivity index (χ0) is 12.6. The fraction of sp³-hybridized carbons (Fsp3) is 0.385. The molecule has 1 aromatic carbocycles. The molecule has 0 aromatic heterocycles. The minimum atomic E-state index is -3.20. The topological polar surface area (TPSA) is 37.4 Å². The van der Waals surface area contributed by atoms with Crippen LogP contribution in [0.25, 0.3) is 0 Å². The molecule has 1 fully saturated rings. The predicted octanol–water partition coefficient (Wildman–Crippen LogP) is 1.90. The third-order valence-electron chi connectivity index (χ3n) is 3.04. The van der Waals surface area contributed by atoms with Crippen molar-refractivity contribution in [2.75, 3.05) is 11.4 Å². The van der Waals surface area contributed by atoms with Crippen molar-refractivity contribution in [1.82, 2.24) is 0 Å². The maximum Gasteiger partial charge on any atom is 0.237 e. The Labute approximate surface area is 103 Å². The molecule has 0 unspecified atom stereocenters. The monoisotopic (exact) mass is 249 g/mol. The minimum absolute atomic E-state index is 0.207. The van der Waals surface area contributed by atoms with Crippen molar-refractivity contribution in [3.63, 3.8) is 0 Å². The molecular formula is C13H15NO2S. The van der Waals surface area contributed by atoms with Gasteiger partial charge in [-0.3, -0.25) is 4.31 Å².